The van der Waals surface area contributed by atoms with E-state index in [1.54, 1.807) is 29.6 Å². The summed E-state index contributed by atoms with van der Waals surface area (Å²) in [6, 6.07) is 3.62. The molecule has 2 aliphatic rings. The van der Waals surface area contributed by atoms with Gasteiger partial charge in [0.05, 0.1) is 11.3 Å². The molecule has 2 aliphatic heterocycles. The van der Waals surface area contributed by atoms with Crippen molar-refractivity contribution in [3.8, 4) is 5.75 Å². The number of fused-ring (bicyclic) bond motifs is 3. The number of ether oxygens (including phenoxy) is 1. The predicted molar refractivity (Wildman–Crippen MR) is 64.2 cm³/mol. The number of aliphatic carboxylic acids is 1. The van der Waals surface area contributed by atoms with Crippen LogP contribution in [0.3, 0.4) is 0 Å². The van der Waals surface area contributed by atoms with E-state index in [9.17, 15) is 4.79 Å². The number of hydrogen-bond acceptors (Lipinski definition) is 4. The molecule has 0 atom stereocenters. The quantitative estimate of drug-likeness (QED) is 0.815. The Morgan fingerprint density at radius 3 is 3.22 bits per heavy atom. The second kappa shape index (κ2) is 4.03. The van der Waals surface area contributed by atoms with Crippen LogP contribution in [0.25, 0.3) is 5.70 Å². The molecule has 18 heavy (non-hydrogen) atoms. The molecule has 0 amide bonds. The van der Waals surface area contributed by atoms with E-state index in [2.05, 4.69) is 4.98 Å². The third kappa shape index (κ3) is 1.66. The summed E-state index contributed by atoms with van der Waals surface area (Å²) in [5.74, 6) is -0.250. The molecular formula is C13H10N2O3. The van der Waals surface area contributed by atoms with Gasteiger partial charge in [-0.25, -0.2) is 4.79 Å². The Kier molecular flexibility index (Phi) is 2.37. The fourth-order valence-electron chi connectivity index (χ4n) is 1.93. The van der Waals surface area contributed by atoms with Crippen LogP contribution in [-0.4, -0.2) is 21.0 Å². The van der Waals surface area contributed by atoms with Gasteiger partial charge in [-0.15, -0.1) is 0 Å². The van der Waals surface area contributed by atoms with Gasteiger partial charge >= 0.3 is 5.97 Å². The SMILES string of the molecule is O=C(O)C1=CN2C=COc3cccnc3C2=CC1. The third-order valence-electron chi connectivity index (χ3n) is 2.79. The minimum absolute atomic E-state index is 0.336. The zero-order valence-corrected chi connectivity index (χ0v) is 9.41. The molecule has 0 fully saturated rings. The van der Waals surface area contributed by atoms with Gasteiger partial charge in [0.1, 0.15) is 12.0 Å². The second-order valence-electron chi connectivity index (χ2n) is 3.91. The summed E-state index contributed by atoms with van der Waals surface area (Å²) in [5.41, 5.74) is 1.88. The molecule has 3 rings (SSSR count). The fourth-order valence-corrected chi connectivity index (χ4v) is 1.93. The van der Waals surface area contributed by atoms with Crippen LogP contribution in [0.2, 0.25) is 0 Å². The molecule has 0 unspecified atom stereocenters. The highest BCUT2D eigenvalue weighted by atomic mass is 16.5. The average molecular weight is 242 g/mol. The van der Waals surface area contributed by atoms with Gasteiger partial charge in [-0.05, 0) is 12.1 Å². The second-order valence-corrected chi connectivity index (χ2v) is 3.91. The molecule has 0 aliphatic carbocycles. The Balaban J connectivity index is 2.07. The number of hydrogen-bond donors (Lipinski definition) is 1. The predicted octanol–water partition coefficient (Wildman–Crippen LogP) is 1.96. The summed E-state index contributed by atoms with van der Waals surface area (Å²) in [7, 11) is 0. The summed E-state index contributed by atoms with van der Waals surface area (Å²) in [6.45, 7) is 0. The Bertz CT molecular complexity index is 602. The van der Waals surface area contributed by atoms with E-state index in [1.807, 2.05) is 12.1 Å². The monoisotopic (exact) mass is 242 g/mol. The van der Waals surface area contributed by atoms with E-state index >= 15 is 0 Å². The molecule has 0 aromatic carbocycles. The van der Waals surface area contributed by atoms with Gasteiger partial charge in [0.25, 0.3) is 0 Å². The highest BCUT2D eigenvalue weighted by Crippen LogP contribution is 2.33. The lowest BCUT2D eigenvalue weighted by Crippen LogP contribution is -2.16. The lowest BCUT2D eigenvalue weighted by atomic mass is 10.1. The first-order valence-corrected chi connectivity index (χ1v) is 5.47. The van der Waals surface area contributed by atoms with Crippen molar-refractivity contribution in [2.75, 3.05) is 0 Å². The lowest BCUT2D eigenvalue weighted by Gasteiger charge is -2.22. The number of pyridine rings is 1. The van der Waals surface area contributed by atoms with Gasteiger partial charge in [-0.2, -0.15) is 0 Å². The summed E-state index contributed by atoms with van der Waals surface area (Å²) in [5, 5.41) is 9.00. The standard InChI is InChI=1S/C13H10N2O3/c16-13(17)9-3-4-10-12-11(2-1-5-14-12)18-7-6-15(10)8-9/h1-2,4-8H,3H2,(H,16,17). The smallest absolute Gasteiger partial charge is 0.333 e. The number of aromatic nitrogens is 1. The lowest BCUT2D eigenvalue weighted by molar-refractivity contribution is -0.132. The van der Waals surface area contributed by atoms with Crippen LogP contribution in [0.5, 0.6) is 5.75 Å². The van der Waals surface area contributed by atoms with Crippen molar-refractivity contribution >= 4 is 11.7 Å². The first-order chi connectivity index (χ1) is 8.75. The average Bonchev–Trinajstić information content (AvgIpc) is 2.57. The molecule has 5 nitrogen and oxygen atoms in total. The summed E-state index contributed by atoms with van der Waals surface area (Å²) in [4.78, 5) is 17.0. The molecule has 1 N–H and O–H groups in total. The van der Waals surface area contributed by atoms with E-state index in [1.165, 1.54) is 6.26 Å². The van der Waals surface area contributed by atoms with Crippen molar-refractivity contribution < 1.29 is 14.6 Å². The van der Waals surface area contributed by atoms with Crippen LogP contribution >= 0.6 is 0 Å². The molecule has 0 saturated heterocycles. The minimum Gasteiger partial charge on any atom is -0.478 e. The van der Waals surface area contributed by atoms with E-state index < -0.39 is 5.97 Å². The van der Waals surface area contributed by atoms with Crippen molar-refractivity contribution in [1.82, 2.24) is 9.88 Å². The fraction of sp³-hybridized carbons (Fsp3) is 0.0769. The highest BCUT2D eigenvalue weighted by molar-refractivity contribution is 5.88. The van der Waals surface area contributed by atoms with Crippen molar-refractivity contribution in [2.45, 2.75) is 6.42 Å². The maximum Gasteiger partial charge on any atom is 0.333 e. The maximum absolute atomic E-state index is 11.0. The molecule has 0 saturated carbocycles. The van der Waals surface area contributed by atoms with Gasteiger partial charge in [-0.3, -0.25) is 4.98 Å². The molecule has 0 bridgehead atoms. The topological polar surface area (TPSA) is 62.7 Å². The molecule has 3 heterocycles. The first-order valence-electron chi connectivity index (χ1n) is 5.47. The van der Waals surface area contributed by atoms with E-state index in [4.69, 9.17) is 9.84 Å². The van der Waals surface area contributed by atoms with Crippen molar-refractivity contribution in [3.05, 3.63) is 54.3 Å². The van der Waals surface area contributed by atoms with Gasteiger partial charge in [0.2, 0.25) is 0 Å². The van der Waals surface area contributed by atoms with Crippen molar-refractivity contribution in [3.63, 3.8) is 0 Å². The summed E-state index contributed by atoms with van der Waals surface area (Å²) in [6.07, 6.45) is 8.68. The van der Waals surface area contributed by atoms with E-state index in [-0.39, 0.29) is 0 Å². The Hall–Kier alpha value is -2.56. The van der Waals surface area contributed by atoms with E-state index in [0.717, 1.165) is 5.70 Å². The molecule has 0 spiro atoms. The number of allylic oxidation sites excluding steroid dienone is 1. The minimum atomic E-state index is -0.912. The van der Waals surface area contributed by atoms with Crippen molar-refractivity contribution in [1.29, 1.82) is 0 Å². The Morgan fingerprint density at radius 2 is 2.39 bits per heavy atom. The van der Waals surface area contributed by atoms with Gasteiger partial charge < -0.3 is 14.7 Å². The van der Waals surface area contributed by atoms with Gasteiger partial charge in [0.15, 0.2) is 5.75 Å². The molecule has 1 aromatic rings. The van der Waals surface area contributed by atoms with Gasteiger partial charge in [0, 0.05) is 25.0 Å². The zero-order valence-electron chi connectivity index (χ0n) is 9.41. The number of carbonyl (C=O) groups is 1. The number of carboxylic acid groups (broad SMARTS) is 1. The Labute approximate surface area is 103 Å². The van der Waals surface area contributed by atoms with Crippen molar-refractivity contribution in [2.24, 2.45) is 0 Å². The Morgan fingerprint density at radius 1 is 1.50 bits per heavy atom. The van der Waals surface area contributed by atoms with E-state index in [0.29, 0.717) is 23.4 Å². The summed E-state index contributed by atoms with van der Waals surface area (Å²) < 4.78 is 5.43. The van der Waals surface area contributed by atoms with Crippen LogP contribution in [0.4, 0.5) is 0 Å². The zero-order chi connectivity index (χ0) is 12.5. The number of nitrogens with zero attached hydrogens (tertiary/aromatic N) is 2. The molecular weight excluding hydrogens is 232 g/mol. The van der Waals surface area contributed by atoms with Crippen LogP contribution < -0.4 is 4.74 Å². The van der Waals surface area contributed by atoms with Crippen LogP contribution in [0.15, 0.2) is 48.6 Å². The van der Waals surface area contributed by atoms with Crippen LogP contribution in [0, 0.1) is 0 Å². The maximum atomic E-state index is 11.0. The molecule has 5 heteroatoms. The van der Waals surface area contributed by atoms with Crippen LogP contribution in [-0.2, 0) is 4.79 Å². The molecule has 90 valence electrons. The number of carboxylic acids is 1. The molecule has 0 radical (unpaired) electrons. The largest absolute Gasteiger partial charge is 0.478 e. The molecule has 1 aromatic heterocycles. The number of rotatable bonds is 1. The highest BCUT2D eigenvalue weighted by Gasteiger charge is 2.22. The first kappa shape index (κ1) is 10.6. The third-order valence-corrected chi connectivity index (χ3v) is 2.79. The van der Waals surface area contributed by atoms with Gasteiger partial charge in [-0.1, -0.05) is 6.08 Å². The van der Waals surface area contributed by atoms with Crippen LogP contribution in [0.1, 0.15) is 12.1 Å². The summed E-state index contributed by atoms with van der Waals surface area (Å²) >= 11 is 0. The normalized spacial score (nSPS) is 16.8.